The maximum absolute atomic E-state index is 12.2. The average molecular weight is 337 g/mol. The van der Waals surface area contributed by atoms with Crippen molar-refractivity contribution < 1.29 is 24.9 Å². The minimum absolute atomic E-state index is 0.225. The lowest BCUT2D eigenvalue weighted by atomic mass is 10.1. The van der Waals surface area contributed by atoms with Crippen LogP contribution in [-0.2, 0) is 9.53 Å². The Balaban J connectivity index is 1.73. The molecule has 2 amide bonds. The van der Waals surface area contributed by atoms with Crippen molar-refractivity contribution in [3.63, 3.8) is 0 Å². The number of rotatable bonds is 8. The molecule has 0 saturated carbocycles. The first-order valence-corrected chi connectivity index (χ1v) is 8.74. The van der Waals surface area contributed by atoms with Gasteiger partial charge in [-0.1, -0.05) is 12.1 Å². The summed E-state index contributed by atoms with van der Waals surface area (Å²) in [6.07, 6.45) is 0.686. The second-order valence-corrected chi connectivity index (χ2v) is 6.33. The van der Waals surface area contributed by atoms with E-state index in [9.17, 15) is 14.4 Å². The predicted molar refractivity (Wildman–Crippen MR) is 87.1 cm³/mol. The summed E-state index contributed by atoms with van der Waals surface area (Å²) in [5.74, 6) is 0.578. The van der Waals surface area contributed by atoms with E-state index in [0.717, 1.165) is 5.75 Å². The number of quaternary nitrogens is 1. The van der Waals surface area contributed by atoms with Crippen LogP contribution in [-0.4, -0.2) is 53.4 Å². The van der Waals surface area contributed by atoms with E-state index in [1.807, 2.05) is 0 Å². The molecule has 1 atom stereocenters. The van der Waals surface area contributed by atoms with Crippen molar-refractivity contribution in [1.82, 2.24) is 4.90 Å². The number of thioether (sulfide) groups is 1. The molecule has 1 aromatic carbocycles. The lowest BCUT2D eigenvalue weighted by Crippen LogP contribution is -2.66. The second kappa shape index (κ2) is 8.12. The third-order valence-corrected chi connectivity index (χ3v) is 4.70. The highest BCUT2D eigenvalue weighted by atomic mass is 32.2. The Hall–Kier alpha value is -1.86. The van der Waals surface area contributed by atoms with Gasteiger partial charge >= 0.3 is 5.97 Å². The summed E-state index contributed by atoms with van der Waals surface area (Å²) in [6.45, 7) is 2.51. The fourth-order valence-electron chi connectivity index (χ4n) is 2.32. The van der Waals surface area contributed by atoms with Gasteiger partial charge in [0.05, 0.1) is 23.5 Å². The summed E-state index contributed by atoms with van der Waals surface area (Å²) >= 11 is 1.57. The predicted octanol–water partition coefficient (Wildman–Crippen LogP) is 0.580. The smallest absolute Gasteiger partial charge is 0.365 e. The Bertz CT molecular complexity index is 570. The van der Waals surface area contributed by atoms with Crippen LogP contribution in [0.25, 0.3) is 0 Å². The fraction of sp³-hybridized carbons (Fsp3) is 0.438. The highest BCUT2D eigenvalue weighted by Crippen LogP contribution is 2.22. The van der Waals surface area contributed by atoms with Crippen LogP contribution in [0, 0.1) is 0 Å². The van der Waals surface area contributed by atoms with E-state index in [2.05, 4.69) is 5.73 Å². The van der Waals surface area contributed by atoms with Gasteiger partial charge in [0.2, 0.25) is 0 Å². The zero-order chi connectivity index (χ0) is 16.8. The molecule has 124 valence electrons. The van der Waals surface area contributed by atoms with E-state index in [1.165, 1.54) is 4.90 Å². The number of hydrogen-bond donors (Lipinski definition) is 1. The van der Waals surface area contributed by atoms with Gasteiger partial charge in [0.15, 0.2) is 6.04 Å². The largest absolute Gasteiger partial charge is 0.462 e. The maximum Gasteiger partial charge on any atom is 0.365 e. The van der Waals surface area contributed by atoms with Gasteiger partial charge < -0.3 is 10.5 Å². The number of benzene rings is 1. The third kappa shape index (κ3) is 4.11. The van der Waals surface area contributed by atoms with Crippen LogP contribution >= 0.6 is 11.8 Å². The van der Waals surface area contributed by atoms with Crippen LogP contribution < -0.4 is 5.73 Å². The molecule has 0 fully saturated rings. The SMILES string of the molecule is CCOC(=O)[C@@H]([NH3+])CSCCCN1C(=O)c2ccccc2C1=O. The van der Waals surface area contributed by atoms with E-state index in [-0.39, 0.29) is 23.8 Å². The first-order valence-electron chi connectivity index (χ1n) is 7.59. The Kier molecular flexibility index (Phi) is 6.18. The molecule has 1 aliphatic heterocycles. The van der Waals surface area contributed by atoms with Gasteiger partial charge in [-0.15, -0.1) is 0 Å². The Morgan fingerprint density at radius 1 is 1.26 bits per heavy atom. The molecule has 23 heavy (non-hydrogen) atoms. The van der Waals surface area contributed by atoms with Crippen molar-refractivity contribution in [2.75, 3.05) is 24.7 Å². The zero-order valence-corrected chi connectivity index (χ0v) is 13.9. The molecule has 6 nitrogen and oxygen atoms in total. The Morgan fingerprint density at radius 3 is 2.43 bits per heavy atom. The summed E-state index contributed by atoms with van der Waals surface area (Å²) in [4.78, 5) is 37.1. The van der Waals surface area contributed by atoms with Gasteiger partial charge in [-0.25, -0.2) is 4.79 Å². The van der Waals surface area contributed by atoms with E-state index in [4.69, 9.17) is 4.74 Å². The third-order valence-electron chi connectivity index (χ3n) is 3.49. The molecule has 3 N–H and O–H groups in total. The number of nitrogens with zero attached hydrogens (tertiary/aromatic N) is 1. The molecule has 0 radical (unpaired) electrons. The average Bonchev–Trinajstić information content (AvgIpc) is 2.79. The van der Waals surface area contributed by atoms with Gasteiger partial charge in [-0.05, 0) is 31.2 Å². The number of hydrogen-bond acceptors (Lipinski definition) is 5. The first kappa shape index (κ1) is 17.5. The molecular formula is C16H21N2O4S+. The van der Waals surface area contributed by atoms with Crippen LogP contribution in [0.5, 0.6) is 0 Å². The fourth-order valence-corrected chi connectivity index (χ4v) is 3.24. The van der Waals surface area contributed by atoms with Crippen LogP contribution in [0.15, 0.2) is 24.3 Å². The van der Waals surface area contributed by atoms with Gasteiger partial charge in [-0.3, -0.25) is 14.5 Å². The molecule has 1 aromatic rings. The van der Waals surface area contributed by atoms with Crippen molar-refractivity contribution in [1.29, 1.82) is 0 Å². The molecular weight excluding hydrogens is 316 g/mol. The normalized spacial score (nSPS) is 14.8. The molecule has 2 rings (SSSR count). The van der Waals surface area contributed by atoms with Crippen molar-refractivity contribution in [2.24, 2.45) is 0 Å². The summed E-state index contributed by atoms with van der Waals surface area (Å²) in [7, 11) is 0. The lowest BCUT2D eigenvalue weighted by molar-refractivity contribution is -0.401. The molecule has 1 aliphatic rings. The zero-order valence-electron chi connectivity index (χ0n) is 13.1. The Labute approximate surface area is 139 Å². The summed E-state index contributed by atoms with van der Waals surface area (Å²) in [5.41, 5.74) is 4.72. The quantitative estimate of drug-likeness (QED) is 0.426. The first-order chi connectivity index (χ1) is 11.1. The molecule has 7 heteroatoms. The second-order valence-electron chi connectivity index (χ2n) is 5.18. The van der Waals surface area contributed by atoms with Crippen LogP contribution in [0.1, 0.15) is 34.1 Å². The van der Waals surface area contributed by atoms with E-state index in [0.29, 0.717) is 36.5 Å². The van der Waals surface area contributed by atoms with Crippen molar-refractivity contribution in [2.45, 2.75) is 19.4 Å². The Morgan fingerprint density at radius 2 is 1.87 bits per heavy atom. The lowest BCUT2D eigenvalue weighted by Gasteiger charge is -2.13. The molecule has 1 heterocycles. The highest BCUT2D eigenvalue weighted by Gasteiger charge is 2.34. The molecule has 0 aromatic heterocycles. The number of esters is 1. The van der Waals surface area contributed by atoms with Crippen LogP contribution in [0.3, 0.4) is 0 Å². The number of ether oxygens (including phenoxy) is 1. The number of carbonyl (C=O) groups is 3. The molecule has 0 bridgehead atoms. The van der Waals surface area contributed by atoms with E-state index >= 15 is 0 Å². The summed E-state index contributed by atoms with van der Waals surface area (Å²) < 4.78 is 4.89. The van der Waals surface area contributed by atoms with Gasteiger partial charge in [0.1, 0.15) is 0 Å². The number of carbonyl (C=O) groups excluding carboxylic acids is 3. The van der Waals surface area contributed by atoms with Crippen molar-refractivity contribution >= 4 is 29.5 Å². The van der Waals surface area contributed by atoms with E-state index < -0.39 is 0 Å². The summed E-state index contributed by atoms with van der Waals surface area (Å²) in [5, 5.41) is 0. The number of imide groups is 1. The topological polar surface area (TPSA) is 91.3 Å². The maximum atomic E-state index is 12.2. The molecule has 0 saturated heterocycles. The highest BCUT2D eigenvalue weighted by molar-refractivity contribution is 7.99. The minimum Gasteiger partial charge on any atom is -0.462 e. The van der Waals surface area contributed by atoms with Gasteiger partial charge in [-0.2, -0.15) is 11.8 Å². The number of amides is 2. The monoisotopic (exact) mass is 337 g/mol. The van der Waals surface area contributed by atoms with Gasteiger partial charge in [0.25, 0.3) is 11.8 Å². The van der Waals surface area contributed by atoms with Gasteiger partial charge in [0, 0.05) is 6.54 Å². The number of fused-ring (bicyclic) bond motifs is 1. The van der Waals surface area contributed by atoms with Crippen molar-refractivity contribution in [3.05, 3.63) is 35.4 Å². The van der Waals surface area contributed by atoms with Crippen LogP contribution in [0.2, 0.25) is 0 Å². The molecule has 0 spiro atoms. The van der Waals surface area contributed by atoms with E-state index in [1.54, 1.807) is 43.0 Å². The van der Waals surface area contributed by atoms with Crippen LogP contribution in [0.4, 0.5) is 0 Å². The minimum atomic E-state index is -0.390. The molecule has 0 unspecified atom stereocenters. The molecule has 0 aliphatic carbocycles. The summed E-state index contributed by atoms with van der Waals surface area (Å²) in [6, 6.07) is 6.48. The van der Waals surface area contributed by atoms with Crippen molar-refractivity contribution in [3.8, 4) is 0 Å². The standard InChI is InChI=1S/C16H20N2O4S/c1-2-22-16(21)13(17)10-23-9-5-8-18-14(19)11-6-3-4-7-12(11)15(18)20/h3-4,6-7,13H,2,5,8-10,17H2,1H3/p+1/t13-/m0/s1.